The van der Waals surface area contributed by atoms with E-state index in [2.05, 4.69) is 0 Å². The van der Waals surface area contributed by atoms with E-state index in [1.54, 1.807) is 23.1 Å². The summed E-state index contributed by atoms with van der Waals surface area (Å²) in [5.41, 5.74) is 0.383. The molecule has 0 bridgehead atoms. The molecule has 0 atom stereocenters. The van der Waals surface area contributed by atoms with Crippen LogP contribution in [-0.4, -0.2) is 29.7 Å². The van der Waals surface area contributed by atoms with Gasteiger partial charge in [0.25, 0.3) is 0 Å². The molecule has 3 nitrogen and oxygen atoms in total. The van der Waals surface area contributed by atoms with Gasteiger partial charge in [-0.1, -0.05) is 36.0 Å². The first-order chi connectivity index (χ1) is 9.58. The van der Waals surface area contributed by atoms with E-state index in [4.69, 9.17) is 23.2 Å². The van der Waals surface area contributed by atoms with Crippen LogP contribution in [0.15, 0.2) is 18.2 Å². The second kappa shape index (κ2) is 7.09. The molecule has 0 aliphatic carbocycles. The Hall–Kier alpha value is -1.06. The zero-order valence-electron chi connectivity index (χ0n) is 11.2. The van der Waals surface area contributed by atoms with Crippen molar-refractivity contribution in [3.05, 3.63) is 33.8 Å². The van der Waals surface area contributed by atoms with Crippen LogP contribution in [-0.2, 0) is 4.79 Å². The SMILES string of the molecule is O=C(CN1CCCCCCC1=O)c1cc(Cl)ccc1Cl. The highest BCUT2D eigenvalue weighted by atomic mass is 35.5. The summed E-state index contributed by atoms with van der Waals surface area (Å²) in [6, 6.07) is 4.80. The highest BCUT2D eigenvalue weighted by Crippen LogP contribution is 2.22. The lowest BCUT2D eigenvalue weighted by Crippen LogP contribution is -2.37. The van der Waals surface area contributed by atoms with E-state index in [0.717, 1.165) is 25.7 Å². The van der Waals surface area contributed by atoms with Gasteiger partial charge in [0.2, 0.25) is 5.91 Å². The third-order valence-electron chi connectivity index (χ3n) is 3.48. The van der Waals surface area contributed by atoms with E-state index in [0.29, 0.717) is 28.6 Å². The molecule has 1 heterocycles. The van der Waals surface area contributed by atoms with Crippen LogP contribution in [0.5, 0.6) is 0 Å². The van der Waals surface area contributed by atoms with Crippen molar-refractivity contribution in [1.29, 1.82) is 0 Å². The number of carbonyl (C=O) groups is 2. The lowest BCUT2D eigenvalue weighted by molar-refractivity contribution is -0.131. The predicted molar refractivity (Wildman–Crippen MR) is 80.5 cm³/mol. The average Bonchev–Trinajstić information content (AvgIpc) is 2.41. The first-order valence-electron chi connectivity index (χ1n) is 6.84. The normalized spacial score (nSPS) is 16.7. The number of amides is 1. The molecule has 1 aliphatic heterocycles. The summed E-state index contributed by atoms with van der Waals surface area (Å²) < 4.78 is 0. The van der Waals surface area contributed by atoms with Gasteiger partial charge in [-0.05, 0) is 31.0 Å². The van der Waals surface area contributed by atoms with E-state index in [9.17, 15) is 9.59 Å². The van der Waals surface area contributed by atoms with Crippen molar-refractivity contribution >= 4 is 34.9 Å². The van der Waals surface area contributed by atoms with E-state index in [-0.39, 0.29) is 18.2 Å². The van der Waals surface area contributed by atoms with Crippen molar-refractivity contribution in [1.82, 2.24) is 4.90 Å². The van der Waals surface area contributed by atoms with Gasteiger partial charge in [-0.15, -0.1) is 0 Å². The molecule has 20 heavy (non-hydrogen) atoms. The van der Waals surface area contributed by atoms with Gasteiger partial charge in [0.05, 0.1) is 11.6 Å². The monoisotopic (exact) mass is 313 g/mol. The fourth-order valence-corrected chi connectivity index (χ4v) is 2.75. The zero-order chi connectivity index (χ0) is 14.5. The van der Waals surface area contributed by atoms with Gasteiger partial charge >= 0.3 is 0 Å². The summed E-state index contributed by atoms with van der Waals surface area (Å²) in [4.78, 5) is 25.9. The standard InChI is InChI=1S/C15H17Cl2NO2/c16-11-6-7-13(17)12(9-11)14(19)10-18-8-4-2-1-3-5-15(18)20/h6-7,9H,1-5,8,10H2. The molecule has 1 fully saturated rings. The van der Waals surface area contributed by atoms with Gasteiger partial charge in [0.15, 0.2) is 5.78 Å². The maximum Gasteiger partial charge on any atom is 0.222 e. The minimum Gasteiger partial charge on any atom is -0.335 e. The highest BCUT2D eigenvalue weighted by Gasteiger charge is 2.20. The fraction of sp³-hybridized carbons (Fsp3) is 0.467. The number of carbonyl (C=O) groups excluding carboxylic acids is 2. The average molecular weight is 314 g/mol. The number of benzene rings is 1. The molecular weight excluding hydrogens is 297 g/mol. The summed E-state index contributed by atoms with van der Waals surface area (Å²) in [5.74, 6) is -0.109. The first kappa shape index (κ1) is 15.3. The molecule has 2 rings (SSSR count). The number of ketones is 1. The lowest BCUT2D eigenvalue weighted by atomic mass is 10.1. The number of likely N-dealkylation sites (tertiary alicyclic amines) is 1. The van der Waals surface area contributed by atoms with E-state index >= 15 is 0 Å². The quantitative estimate of drug-likeness (QED) is 0.792. The third-order valence-corrected chi connectivity index (χ3v) is 4.05. The minimum absolute atomic E-state index is 0.0520. The Kier molecular flexibility index (Phi) is 5.44. The Morgan fingerprint density at radius 3 is 2.70 bits per heavy atom. The molecule has 1 aromatic rings. The molecule has 1 aromatic carbocycles. The van der Waals surface area contributed by atoms with Crippen molar-refractivity contribution in [3.8, 4) is 0 Å². The van der Waals surface area contributed by atoms with E-state index < -0.39 is 0 Å². The Balaban J connectivity index is 2.09. The van der Waals surface area contributed by atoms with Crippen LogP contribution in [0.25, 0.3) is 0 Å². The van der Waals surface area contributed by atoms with Gasteiger partial charge < -0.3 is 4.90 Å². The summed E-state index contributed by atoms with van der Waals surface area (Å²) in [6.45, 7) is 0.724. The van der Waals surface area contributed by atoms with Gasteiger partial charge in [-0.3, -0.25) is 9.59 Å². The topological polar surface area (TPSA) is 37.4 Å². The first-order valence-corrected chi connectivity index (χ1v) is 7.59. The number of halogens is 2. The molecular formula is C15H17Cl2NO2. The Labute approximate surface area is 128 Å². The molecule has 0 saturated carbocycles. The molecule has 0 spiro atoms. The molecule has 1 aliphatic rings. The van der Waals surface area contributed by atoms with Crippen LogP contribution in [0.4, 0.5) is 0 Å². The molecule has 5 heteroatoms. The van der Waals surface area contributed by atoms with Crippen LogP contribution in [0.3, 0.4) is 0 Å². The zero-order valence-corrected chi connectivity index (χ0v) is 12.7. The second-order valence-electron chi connectivity index (χ2n) is 5.03. The molecule has 108 valence electrons. The fourth-order valence-electron chi connectivity index (χ4n) is 2.35. The van der Waals surface area contributed by atoms with Gasteiger partial charge in [0, 0.05) is 23.6 Å². The molecule has 1 saturated heterocycles. The van der Waals surface area contributed by atoms with Crippen LogP contribution >= 0.6 is 23.2 Å². The number of hydrogen-bond donors (Lipinski definition) is 0. The van der Waals surface area contributed by atoms with Crippen molar-refractivity contribution in [3.63, 3.8) is 0 Å². The van der Waals surface area contributed by atoms with Crippen LogP contribution in [0, 0.1) is 0 Å². The molecule has 0 N–H and O–H groups in total. The number of rotatable bonds is 3. The Bertz CT molecular complexity index is 517. The number of hydrogen-bond acceptors (Lipinski definition) is 2. The molecule has 0 unspecified atom stereocenters. The smallest absolute Gasteiger partial charge is 0.222 e. The second-order valence-corrected chi connectivity index (χ2v) is 5.87. The lowest BCUT2D eigenvalue weighted by Gasteiger charge is -2.24. The third kappa shape index (κ3) is 3.97. The van der Waals surface area contributed by atoms with Crippen LogP contribution in [0.1, 0.15) is 42.5 Å². The van der Waals surface area contributed by atoms with Crippen molar-refractivity contribution < 1.29 is 9.59 Å². The summed E-state index contributed by atoms with van der Waals surface area (Å²) >= 11 is 11.9. The minimum atomic E-state index is -0.161. The van der Waals surface area contributed by atoms with E-state index in [1.165, 1.54) is 0 Å². The largest absolute Gasteiger partial charge is 0.335 e. The van der Waals surface area contributed by atoms with Gasteiger partial charge in [-0.2, -0.15) is 0 Å². The number of nitrogens with zero attached hydrogens (tertiary/aromatic N) is 1. The maximum atomic E-state index is 12.3. The van der Waals surface area contributed by atoms with E-state index in [1.807, 2.05) is 0 Å². The van der Waals surface area contributed by atoms with Crippen molar-refractivity contribution in [2.24, 2.45) is 0 Å². The molecule has 0 aromatic heterocycles. The van der Waals surface area contributed by atoms with Gasteiger partial charge in [-0.25, -0.2) is 0 Å². The Morgan fingerprint density at radius 2 is 1.90 bits per heavy atom. The van der Waals surface area contributed by atoms with Crippen LogP contribution in [0.2, 0.25) is 10.0 Å². The summed E-state index contributed by atoms with van der Waals surface area (Å²) in [5, 5.41) is 0.843. The molecule has 0 radical (unpaired) electrons. The van der Waals surface area contributed by atoms with Crippen molar-refractivity contribution in [2.45, 2.75) is 32.1 Å². The predicted octanol–water partition coefficient (Wildman–Crippen LogP) is 3.97. The summed E-state index contributed by atoms with van der Waals surface area (Å²) in [7, 11) is 0. The van der Waals surface area contributed by atoms with Crippen molar-refractivity contribution in [2.75, 3.05) is 13.1 Å². The Morgan fingerprint density at radius 1 is 1.15 bits per heavy atom. The van der Waals surface area contributed by atoms with Crippen LogP contribution < -0.4 is 0 Å². The van der Waals surface area contributed by atoms with Gasteiger partial charge in [0.1, 0.15) is 0 Å². The molecule has 1 amide bonds. The summed E-state index contributed by atoms with van der Waals surface area (Å²) in [6.07, 6.45) is 4.57. The highest BCUT2D eigenvalue weighted by molar-refractivity contribution is 6.36. The number of Topliss-reactive ketones (excluding diaryl/α,β-unsaturated/α-hetero) is 1. The maximum absolute atomic E-state index is 12.3.